The number of carbonyl (C=O) groups excluding carboxylic acids is 2. The molecule has 0 saturated heterocycles. The number of aliphatic carboxylic acids is 1. The second-order valence-electron chi connectivity index (χ2n) is 10.8. The average Bonchev–Trinajstić information content (AvgIpc) is 2.93. The standard InChI is InChI=1S/C22H28N2O4.C11H14O/c1-3-4-19(21(23-2)16-9-11-18(25)12-10-16)15-5-7-17(8-6-15)22(28)24-14-13-20(26)27;1-11(2,3)10-6-4-9(8-12)5-7-10/h5-12,19,21,23,25H,3-4,13-14H2,1-2H3,(H,24,28)(H,26,27);4-8H,1-3H3. The monoisotopic (exact) mass is 546 g/mol. The van der Waals surface area contributed by atoms with Crippen molar-refractivity contribution in [2.75, 3.05) is 13.6 Å². The first-order valence-corrected chi connectivity index (χ1v) is 13.6. The van der Waals surface area contributed by atoms with Gasteiger partial charge in [-0.2, -0.15) is 0 Å². The number of hydrogen-bond acceptors (Lipinski definition) is 5. The molecule has 0 aliphatic carbocycles. The van der Waals surface area contributed by atoms with Crippen LogP contribution in [0.5, 0.6) is 5.75 Å². The number of carboxylic acid groups (broad SMARTS) is 1. The van der Waals surface area contributed by atoms with E-state index in [0.29, 0.717) is 5.56 Å². The zero-order chi connectivity index (χ0) is 29.7. The van der Waals surface area contributed by atoms with Crippen molar-refractivity contribution in [3.8, 4) is 5.75 Å². The van der Waals surface area contributed by atoms with Gasteiger partial charge in [-0.25, -0.2) is 0 Å². The van der Waals surface area contributed by atoms with Gasteiger partial charge in [0, 0.05) is 29.6 Å². The van der Waals surface area contributed by atoms with Crippen LogP contribution >= 0.6 is 0 Å². The molecule has 4 N–H and O–H groups in total. The normalized spacial score (nSPS) is 12.4. The van der Waals surface area contributed by atoms with Gasteiger partial charge in [0.1, 0.15) is 12.0 Å². The van der Waals surface area contributed by atoms with Crippen LogP contribution in [0.3, 0.4) is 0 Å². The van der Waals surface area contributed by atoms with Crippen LogP contribution in [-0.4, -0.2) is 42.0 Å². The number of aldehydes is 1. The van der Waals surface area contributed by atoms with Gasteiger partial charge in [0.2, 0.25) is 0 Å². The van der Waals surface area contributed by atoms with Crippen molar-refractivity contribution >= 4 is 18.2 Å². The van der Waals surface area contributed by atoms with Gasteiger partial charge < -0.3 is 20.8 Å². The molecule has 0 aliphatic rings. The topological polar surface area (TPSA) is 116 Å². The molecule has 7 heteroatoms. The molecular weight excluding hydrogens is 504 g/mol. The van der Waals surface area contributed by atoms with Crippen LogP contribution in [-0.2, 0) is 10.2 Å². The van der Waals surface area contributed by atoms with Gasteiger partial charge in [-0.3, -0.25) is 14.4 Å². The van der Waals surface area contributed by atoms with Crippen LogP contribution in [0, 0.1) is 0 Å². The first-order chi connectivity index (χ1) is 19.0. The van der Waals surface area contributed by atoms with Crippen LogP contribution in [0.15, 0.2) is 72.8 Å². The van der Waals surface area contributed by atoms with Crippen molar-refractivity contribution in [1.29, 1.82) is 0 Å². The van der Waals surface area contributed by atoms with Crippen molar-refractivity contribution in [3.05, 3.63) is 101 Å². The molecule has 3 aromatic carbocycles. The number of amides is 1. The van der Waals surface area contributed by atoms with E-state index in [1.54, 1.807) is 24.3 Å². The molecule has 1 amide bonds. The van der Waals surface area contributed by atoms with E-state index in [1.807, 2.05) is 55.6 Å². The molecule has 2 atom stereocenters. The number of nitrogens with one attached hydrogen (secondary N) is 2. The van der Waals surface area contributed by atoms with Crippen molar-refractivity contribution in [3.63, 3.8) is 0 Å². The summed E-state index contributed by atoms with van der Waals surface area (Å²) in [5, 5.41) is 24.2. The fourth-order valence-electron chi connectivity index (χ4n) is 4.45. The first kappa shape index (κ1) is 32.2. The Balaban J connectivity index is 0.000000389. The lowest BCUT2D eigenvalue weighted by Gasteiger charge is -2.28. The lowest BCUT2D eigenvalue weighted by Crippen LogP contribution is -2.26. The van der Waals surface area contributed by atoms with Crippen LogP contribution in [0.4, 0.5) is 0 Å². The molecule has 0 fully saturated rings. The van der Waals surface area contributed by atoms with E-state index >= 15 is 0 Å². The lowest BCUT2D eigenvalue weighted by atomic mass is 9.83. The van der Waals surface area contributed by atoms with Gasteiger partial charge >= 0.3 is 5.97 Å². The number of carboxylic acids is 1. The summed E-state index contributed by atoms with van der Waals surface area (Å²) in [7, 11) is 1.92. The van der Waals surface area contributed by atoms with E-state index in [1.165, 1.54) is 5.56 Å². The first-order valence-electron chi connectivity index (χ1n) is 13.6. The Morgan fingerprint density at radius 2 is 1.48 bits per heavy atom. The molecule has 40 heavy (non-hydrogen) atoms. The predicted molar refractivity (Wildman–Crippen MR) is 159 cm³/mol. The molecule has 0 aliphatic heterocycles. The summed E-state index contributed by atoms with van der Waals surface area (Å²) < 4.78 is 0. The fourth-order valence-corrected chi connectivity index (χ4v) is 4.45. The van der Waals surface area contributed by atoms with Crippen molar-refractivity contribution in [2.24, 2.45) is 0 Å². The second-order valence-corrected chi connectivity index (χ2v) is 10.8. The molecule has 7 nitrogen and oxygen atoms in total. The molecule has 3 aromatic rings. The molecule has 2 unspecified atom stereocenters. The Labute approximate surface area is 237 Å². The number of benzene rings is 3. The SMILES string of the molecule is CC(C)(C)c1ccc(C=O)cc1.CCCC(c1ccc(C(=O)NCCC(=O)O)cc1)C(NC)c1ccc(O)cc1. The Hall–Kier alpha value is -3.97. The van der Waals surface area contributed by atoms with Crippen LogP contribution in [0.1, 0.15) is 96.3 Å². The maximum absolute atomic E-state index is 12.1. The third-order valence-electron chi connectivity index (χ3n) is 6.70. The van der Waals surface area contributed by atoms with Crippen molar-refractivity contribution < 1.29 is 24.6 Å². The fraction of sp³-hybridized carbons (Fsp3) is 0.364. The van der Waals surface area contributed by atoms with E-state index in [4.69, 9.17) is 5.11 Å². The van der Waals surface area contributed by atoms with Gasteiger partial charge in [-0.1, -0.05) is 82.6 Å². The summed E-state index contributed by atoms with van der Waals surface area (Å²) in [6.07, 6.45) is 2.75. The van der Waals surface area contributed by atoms with Crippen LogP contribution in [0.25, 0.3) is 0 Å². The second kappa shape index (κ2) is 15.6. The summed E-state index contributed by atoms with van der Waals surface area (Å²) in [5.74, 6) is -0.762. The lowest BCUT2D eigenvalue weighted by molar-refractivity contribution is -0.136. The van der Waals surface area contributed by atoms with Crippen LogP contribution in [0.2, 0.25) is 0 Å². The third kappa shape index (κ3) is 9.97. The van der Waals surface area contributed by atoms with Gasteiger partial charge in [-0.05, 0) is 59.8 Å². The van der Waals surface area contributed by atoms with Gasteiger partial charge in [0.05, 0.1) is 6.42 Å². The van der Waals surface area contributed by atoms with E-state index < -0.39 is 5.97 Å². The molecule has 0 heterocycles. The smallest absolute Gasteiger partial charge is 0.305 e. The largest absolute Gasteiger partial charge is 0.508 e. The highest BCUT2D eigenvalue weighted by Crippen LogP contribution is 2.35. The highest BCUT2D eigenvalue weighted by Gasteiger charge is 2.23. The van der Waals surface area contributed by atoms with E-state index in [-0.39, 0.29) is 42.0 Å². The Bertz CT molecular complexity index is 1210. The number of aromatic hydroxyl groups is 1. The minimum Gasteiger partial charge on any atom is -0.508 e. The molecule has 0 radical (unpaired) electrons. The molecule has 0 aromatic heterocycles. The third-order valence-corrected chi connectivity index (χ3v) is 6.70. The minimum absolute atomic E-state index is 0.0794. The molecule has 214 valence electrons. The zero-order valence-corrected chi connectivity index (χ0v) is 24.1. The van der Waals surface area contributed by atoms with Crippen LogP contribution < -0.4 is 10.6 Å². The zero-order valence-electron chi connectivity index (χ0n) is 24.1. The van der Waals surface area contributed by atoms with Crippen molar-refractivity contribution in [2.45, 2.75) is 64.3 Å². The van der Waals surface area contributed by atoms with E-state index in [2.05, 4.69) is 38.3 Å². The maximum Gasteiger partial charge on any atom is 0.305 e. The molecule has 3 rings (SSSR count). The minimum atomic E-state index is -0.939. The number of phenols is 1. The highest BCUT2D eigenvalue weighted by molar-refractivity contribution is 5.94. The summed E-state index contributed by atoms with van der Waals surface area (Å²) in [6.45, 7) is 8.71. The van der Waals surface area contributed by atoms with Gasteiger partial charge in [0.25, 0.3) is 5.91 Å². The number of phenolic OH excluding ortho intramolecular Hbond substituents is 1. The Kier molecular flexibility index (Phi) is 12.6. The molecule has 0 saturated carbocycles. The Morgan fingerprint density at radius 3 is 1.95 bits per heavy atom. The maximum atomic E-state index is 12.1. The number of likely N-dealkylation sites (N-methyl/N-ethyl adjacent to an activating group) is 1. The van der Waals surface area contributed by atoms with Gasteiger partial charge in [-0.15, -0.1) is 0 Å². The summed E-state index contributed by atoms with van der Waals surface area (Å²) in [4.78, 5) is 33.1. The summed E-state index contributed by atoms with van der Waals surface area (Å²) in [5.41, 5.74) is 4.89. The highest BCUT2D eigenvalue weighted by atomic mass is 16.4. The number of carbonyl (C=O) groups is 3. The Morgan fingerprint density at radius 1 is 0.900 bits per heavy atom. The van der Waals surface area contributed by atoms with E-state index in [0.717, 1.165) is 35.8 Å². The summed E-state index contributed by atoms with van der Waals surface area (Å²) >= 11 is 0. The molecule has 0 bridgehead atoms. The predicted octanol–water partition coefficient (Wildman–Crippen LogP) is 6.24. The number of rotatable bonds is 11. The quantitative estimate of drug-likeness (QED) is 0.212. The summed E-state index contributed by atoms with van der Waals surface area (Å²) in [6, 6.07) is 22.5. The van der Waals surface area contributed by atoms with Gasteiger partial charge in [0.15, 0.2) is 0 Å². The van der Waals surface area contributed by atoms with Crippen molar-refractivity contribution in [1.82, 2.24) is 10.6 Å². The molecular formula is C33H42N2O5. The van der Waals surface area contributed by atoms with E-state index in [9.17, 15) is 19.5 Å². The average molecular weight is 547 g/mol. The number of hydrogen-bond donors (Lipinski definition) is 4. The molecule has 0 spiro atoms.